The summed E-state index contributed by atoms with van der Waals surface area (Å²) in [5.74, 6) is 0. The summed E-state index contributed by atoms with van der Waals surface area (Å²) < 4.78 is 0. The van der Waals surface area contributed by atoms with Crippen LogP contribution in [0.3, 0.4) is 0 Å². The predicted octanol–water partition coefficient (Wildman–Crippen LogP) is 10.5. The second-order valence-corrected chi connectivity index (χ2v) is 11.8. The Kier molecular flexibility index (Phi) is 7.95. The molecule has 0 amide bonds. The second kappa shape index (κ2) is 10.9. The fourth-order valence-electron chi connectivity index (χ4n) is 6.09. The molecule has 8 bridgehead atoms. The summed E-state index contributed by atoms with van der Waals surface area (Å²) >= 11 is 28.6. The highest BCUT2D eigenvalue weighted by Gasteiger charge is 2.35. The molecule has 0 aromatic heterocycles. The fraction of sp³-hybridized carbons (Fsp3) is 0.375. The van der Waals surface area contributed by atoms with Crippen LogP contribution >= 0.6 is 46.4 Å². The third kappa shape index (κ3) is 4.17. The highest BCUT2D eigenvalue weighted by molar-refractivity contribution is 6.52. The molecule has 0 saturated heterocycles. The van der Waals surface area contributed by atoms with E-state index < -0.39 is 0 Å². The Bertz CT molecular complexity index is 1430. The first-order valence-corrected chi connectivity index (χ1v) is 15.3. The summed E-state index contributed by atoms with van der Waals surface area (Å²) in [5.41, 5.74) is 13.6. The first-order valence-electron chi connectivity index (χ1n) is 13.8. The Morgan fingerprint density at radius 3 is 0.700 bits per heavy atom. The van der Waals surface area contributed by atoms with E-state index in [1.807, 2.05) is 27.7 Å². The van der Waals surface area contributed by atoms with Gasteiger partial charge in [0.05, 0.1) is 65.8 Å². The zero-order valence-corrected chi connectivity index (χ0v) is 27.2. The lowest BCUT2D eigenvalue weighted by atomic mass is 9.97. The Balaban J connectivity index is 1.95. The lowest BCUT2D eigenvalue weighted by molar-refractivity contribution is 1.14. The van der Waals surface area contributed by atoms with Crippen molar-refractivity contribution in [2.75, 3.05) is 0 Å². The molecule has 0 aliphatic carbocycles. The third-order valence-corrected chi connectivity index (χ3v) is 9.78. The van der Waals surface area contributed by atoms with E-state index in [-0.39, 0.29) is 0 Å². The van der Waals surface area contributed by atoms with E-state index in [9.17, 15) is 0 Å². The molecule has 0 fully saturated rings. The molecule has 5 aliphatic heterocycles. The van der Waals surface area contributed by atoms with Crippen molar-refractivity contribution in [2.45, 2.75) is 81.1 Å². The van der Waals surface area contributed by atoms with Crippen LogP contribution in [0.2, 0.25) is 0 Å². The fourth-order valence-corrected chi connectivity index (χ4v) is 7.46. The van der Waals surface area contributed by atoms with Crippen molar-refractivity contribution in [2.24, 2.45) is 20.0 Å². The van der Waals surface area contributed by atoms with E-state index in [0.29, 0.717) is 65.8 Å². The van der Waals surface area contributed by atoms with Gasteiger partial charge in [0.2, 0.25) is 0 Å². The topological polar surface area (TPSA) is 49.4 Å². The normalized spacial score (nSPS) is 21.7. The molecule has 0 spiro atoms. The highest BCUT2D eigenvalue weighted by Crippen LogP contribution is 2.45. The highest BCUT2D eigenvalue weighted by atomic mass is 35.5. The maximum Gasteiger partial charge on any atom is 0.0925 e. The molecule has 5 heterocycles. The number of hydrogen-bond acceptors (Lipinski definition) is 4. The summed E-state index contributed by atoms with van der Waals surface area (Å²) in [5, 5.41) is 1.97. The van der Waals surface area contributed by atoms with Gasteiger partial charge in [0.1, 0.15) is 0 Å². The van der Waals surface area contributed by atoms with Crippen LogP contribution in [-0.4, -0.2) is 22.8 Å². The summed E-state index contributed by atoms with van der Waals surface area (Å²) in [6.07, 6.45) is 2.97. The lowest BCUT2D eigenvalue weighted by Crippen LogP contribution is -2.03. The van der Waals surface area contributed by atoms with Gasteiger partial charge in [0.25, 0.3) is 0 Å². The zero-order valence-electron chi connectivity index (χ0n) is 24.1. The number of nitrogens with zero attached hydrogens (tertiary/aromatic N) is 4. The minimum absolute atomic E-state index is 0.493. The van der Waals surface area contributed by atoms with Crippen LogP contribution < -0.4 is 0 Å². The van der Waals surface area contributed by atoms with Crippen molar-refractivity contribution in [3.63, 3.8) is 0 Å². The Labute approximate surface area is 256 Å². The Morgan fingerprint density at radius 2 is 0.550 bits per heavy atom. The van der Waals surface area contributed by atoms with Crippen molar-refractivity contribution < 1.29 is 0 Å². The van der Waals surface area contributed by atoms with Crippen LogP contribution in [0, 0.1) is 0 Å². The number of allylic oxidation sites excluding steroid dienone is 12. The van der Waals surface area contributed by atoms with Crippen molar-refractivity contribution in [1.29, 1.82) is 0 Å². The summed E-state index contributed by atoms with van der Waals surface area (Å²) in [6, 6.07) is 0. The maximum atomic E-state index is 7.16. The van der Waals surface area contributed by atoms with Gasteiger partial charge in [-0.1, -0.05) is 74.1 Å². The zero-order chi connectivity index (χ0) is 29.2. The molecule has 0 N–H and O–H groups in total. The van der Waals surface area contributed by atoms with Crippen molar-refractivity contribution in [3.8, 4) is 0 Å². The number of aliphatic imine (C=N–C) groups is 4. The largest absolute Gasteiger partial charge is 0.245 e. The molecule has 8 heteroatoms. The van der Waals surface area contributed by atoms with Gasteiger partial charge in [-0.15, -0.1) is 0 Å². The standard InChI is InChI=1S/C32H32Cl4N4/c1-9-17-13(5)25-22(34)30-19(11-3)15(7)27(39-30)24(36)32-20(12-4)16(8)28(40-32)23(35)31-18(10-2)14(6)26(38-31)21(33)29(17)37-25/h9-12H2,1-8H3. The maximum absolute atomic E-state index is 7.16. The molecule has 0 unspecified atom stereocenters. The van der Waals surface area contributed by atoms with E-state index in [0.717, 1.165) is 70.3 Å². The SMILES string of the molecule is CCC1=C(C)C2=C(Cl)C3=NC(=C(Cl)C4=NC(=C(Cl)C5=NC(=C(Cl)C1=N2)C(C)=C5CC)C(C)=C4CC)C(C)=C3CC. The van der Waals surface area contributed by atoms with Gasteiger partial charge in [0.15, 0.2) is 0 Å². The summed E-state index contributed by atoms with van der Waals surface area (Å²) in [6.45, 7) is 16.5. The average molecular weight is 614 g/mol. The molecule has 0 aromatic carbocycles. The van der Waals surface area contributed by atoms with Crippen molar-refractivity contribution in [1.82, 2.24) is 0 Å². The smallest absolute Gasteiger partial charge is 0.0925 e. The first kappa shape index (κ1) is 29.3. The molecule has 208 valence electrons. The number of rotatable bonds is 4. The van der Waals surface area contributed by atoms with Crippen LogP contribution in [0.15, 0.2) is 107 Å². The number of halogens is 4. The van der Waals surface area contributed by atoms with Crippen LogP contribution in [-0.2, 0) is 0 Å². The molecule has 0 radical (unpaired) electrons. The van der Waals surface area contributed by atoms with Crippen LogP contribution in [0.1, 0.15) is 81.1 Å². The molecule has 0 saturated carbocycles. The first-order chi connectivity index (χ1) is 19.0. The molecule has 5 aliphatic rings. The minimum Gasteiger partial charge on any atom is -0.245 e. The summed E-state index contributed by atoms with van der Waals surface area (Å²) in [4.78, 5) is 20.1. The monoisotopic (exact) mass is 612 g/mol. The molecule has 40 heavy (non-hydrogen) atoms. The van der Waals surface area contributed by atoms with Crippen LogP contribution in [0.4, 0.5) is 0 Å². The quantitative estimate of drug-likeness (QED) is 0.303. The van der Waals surface area contributed by atoms with Gasteiger partial charge in [0, 0.05) is 0 Å². The third-order valence-electron chi connectivity index (χ3n) is 8.35. The van der Waals surface area contributed by atoms with Gasteiger partial charge in [-0.2, -0.15) is 0 Å². The van der Waals surface area contributed by atoms with Gasteiger partial charge in [-0.3, -0.25) is 0 Å². The Morgan fingerprint density at radius 1 is 0.375 bits per heavy atom. The van der Waals surface area contributed by atoms with E-state index >= 15 is 0 Å². The van der Waals surface area contributed by atoms with E-state index in [1.54, 1.807) is 0 Å². The molecule has 4 nitrogen and oxygen atoms in total. The predicted molar refractivity (Wildman–Crippen MR) is 173 cm³/mol. The molecule has 5 rings (SSSR count). The van der Waals surface area contributed by atoms with Crippen molar-refractivity contribution >= 4 is 69.3 Å². The number of fused-ring (bicyclic) bond motifs is 4. The molecular weight excluding hydrogens is 582 g/mol. The Hall–Kier alpha value is -2.24. The van der Waals surface area contributed by atoms with E-state index in [4.69, 9.17) is 66.4 Å². The van der Waals surface area contributed by atoms with Crippen LogP contribution in [0.5, 0.6) is 0 Å². The van der Waals surface area contributed by atoms with Gasteiger partial charge in [-0.25, -0.2) is 20.0 Å². The van der Waals surface area contributed by atoms with Crippen molar-refractivity contribution in [3.05, 3.63) is 87.5 Å². The minimum atomic E-state index is 0.493. The van der Waals surface area contributed by atoms with E-state index in [2.05, 4.69) is 27.7 Å². The molecule has 0 aromatic rings. The van der Waals surface area contributed by atoms with Gasteiger partial charge >= 0.3 is 0 Å². The second-order valence-electron chi connectivity index (χ2n) is 10.3. The average Bonchev–Trinajstić information content (AvgIpc) is 3.66. The molecule has 0 atom stereocenters. The molecular formula is C32H32Cl4N4. The van der Waals surface area contributed by atoms with E-state index in [1.165, 1.54) is 0 Å². The van der Waals surface area contributed by atoms with Gasteiger partial charge in [-0.05, 0) is 98.0 Å². The summed E-state index contributed by atoms with van der Waals surface area (Å²) in [7, 11) is 0. The lowest BCUT2D eigenvalue weighted by Gasteiger charge is -2.08. The van der Waals surface area contributed by atoms with Gasteiger partial charge < -0.3 is 0 Å². The van der Waals surface area contributed by atoms with Crippen LogP contribution in [0.25, 0.3) is 0 Å². The number of hydrogen-bond donors (Lipinski definition) is 0.